The molecule has 8 nitrogen and oxygen atoms in total. The molecule has 0 radical (unpaired) electrons. The van der Waals surface area contributed by atoms with E-state index in [4.69, 9.17) is 26.8 Å². The van der Waals surface area contributed by atoms with Crippen LogP contribution in [-0.4, -0.2) is 43.6 Å². The van der Waals surface area contributed by atoms with Crippen LogP contribution in [0.3, 0.4) is 0 Å². The normalized spacial score (nSPS) is 16.1. The molecular weight excluding hydrogens is 432 g/mol. The Morgan fingerprint density at radius 1 is 1.38 bits per heavy atom. The molecule has 1 aliphatic rings. The van der Waals surface area contributed by atoms with Crippen molar-refractivity contribution in [2.24, 2.45) is 11.7 Å². The standard InChI is InChI=1S/C23H27ClN4O4/c1-3-32-19-12-15(11-18(24)22(19)31-2)6-9-21(29)27-17-7-8-20(26-13-17)28-10-4-5-16(14-28)23(25)30/h6-9,11-13,16H,3-5,10,14H2,1-2H3,(H2,25,30)(H,27,29)/b9-6+. The Labute approximate surface area is 192 Å². The number of nitrogens with zero attached hydrogens (tertiary/aromatic N) is 2. The lowest BCUT2D eigenvalue weighted by Crippen LogP contribution is -2.41. The molecule has 0 bridgehead atoms. The number of hydrogen-bond donors (Lipinski definition) is 2. The molecule has 1 aliphatic heterocycles. The van der Waals surface area contributed by atoms with E-state index in [1.807, 2.05) is 17.9 Å². The average Bonchev–Trinajstić information content (AvgIpc) is 2.78. The van der Waals surface area contributed by atoms with Gasteiger partial charge < -0.3 is 25.4 Å². The van der Waals surface area contributed by atoms with Crippen molar-refractivity contribution in [3.8, 4) is 11.5 Å². The molecule has 2 amide bonds. The second kappa shape index (κ2) is 10.9. The molecule has 1 atom stereocenters. The highest BCUT2D eigenvalue weighted by Gasteiger charge is 2.24. The molecule has 0 aliphatic carbocycles. The number of anilines is 2. The molecule has 1 aromatic heterocycles. The first-order valence-electron chi connectivity index (χ1n) is 10.4. The van der Waals surface area contributed by atoms with E-state index in [0.717, 1.165) is 25.2 Å². The molecule has 0 spiro atoms. The van der Waals surface area contributed by atoms with Gasteiger partial charge in [0, 0.05) is 19.2 Å². The Morgan fingerprint density at radius 3 is 2.84 bits per heavy atom. The number of primary amides is 1. The zero-order chi connectivity index (χ0) is 23.1. The highest BCUT2D eigenvalue weighted by molar-refractivity contribution is 6.32. The minimum atomic E-state index is -0.309. The van der Waals surface area contributed by atoms with Gasteiger partial charge in [-0.05, 0) is 55.7 Å². The van der Waals surface area contributed by atoms with Gasteiger partial charge in [0.2, 0.25) is 11.8 Å². The second-order valence-corrected chi connectivity index (χ2v) is 7.79. The van der Waals surface area contributed by atoms with Crippen LogP contribution in [0.4, 0.5) is 11.5 Å². The van der Waals surface area contributed by atoms with Crippen LogP contribution in [-0.2, 0) is 9.59 Å². The summed E-state index contributed by atoms with van der Waals surface area (Å²) in [7, 11) is 1.52. The summed E-state index contributed by atoms with van der Waals surface area (Å²) in [5, 5.41) is 3.17. The first kappa shape index (κ1) is 23.4. The van der Waals surface area contributed by atoms with Crippen LogP contribution < -0.4 is 25.4 Å². The average molecular weight is 459 g/mol. The lowest BCUT2D eigenvalue weighted by molar-refractivity contribution is -0.122. The smallest absolute Gasteiger partial charge is 0.248 e. The number of carbonyl (C=O) groups is 2. The van der Waals surface area contributed by atoms with E-state index >= 15 is 0 Å². The molecule has 2 aromatic rings. The fourth-order valence-electron chi connectivity index (χ4n) is 3.57. The number of halogens is 1. The zero-order valence-corrected chi connectivity index (χ0v) is 18.9. The van der Waals surface area contributed by atoms with Crippen LogP contribution >= 0.6 is 11.6 Å². The number of ether oxygens (including phenoxy) is 2. The first-order valence-corrected chi connectivity index (χ1v) is 10.8. The van der Waals surface area contributed by atoms with Crippen molar-refractivity contribution in [2.75, 3.05) is 37.0 Å². The van der Waals surface area contributed by atoms with Crippen LogP contribution in [0.1, 0.15) is 25.3 Å². The van der Waals surface area contributed by atoms with Gasteiger partial charge in [-0.25, -0.2) is 4.98 Å². The van der Waals surface area contributed by atoms with Crippen molar-refractivity contribution >= 4 is 41.0 Å². The highest BCUT2D eigenvalue weighted by Crippen LogP contribution is 2.36. The Bertz CT molecular complexity index is 994. The number of benzene rings is 1. The number of nitrogens with one attached hydrogen (secondary N) is 1. The summed E-state index contributed by atoms with van der Waals surface area (Å²) >= 11 is 6.24. The Balaban J connectivity index is 1.63. The van der Waals surface area contributed by atoms with Crippen LogP contribution in [0.15, 0.2) is 36.5 Å². The van der Waals surface area contributed by atoms with Gasteiger partial charge in [-0.3, -0.25) is 9.59 Å². The van der Waals surface area contributed by atoms with Crippen LogP contribution in [0, 0.1) is 5.92 Å². The van der Waals surface area contributed by atoms with E-state index in [-0.39, 0.29) is 17.7 Å². The number of aromatic nitrogens is 1. The van der Waals surface area contributed by atoms with Gasteiger partial charge >= 0.3 is 0 Å². The third-order valence-corrected chi connectivity index (χ3v) is 5.41. The number of methoxy groups -OCH3 is 1. The third-order valence-electron chi connectivity index (χ3n) is 5.13. The van der Waals surface area contributed by atoms with E-state index in [2.05, 4.69) is 10.3 Å². The molecule has 2 heterocycles. The maximum atomic E-state index is 12.3. The Morgan fingerprint density at radius 2 is 2.19 bits per heavy atom. The predicted molar refractivity (Wildman–Crippen MR) is 125 cm³/mol. The topological polar surface area (TPSA) is 107 Å². The maximum Gasteiger partial charge on any atom is 0.248 e. The summed E-state index contributed by atoms with van der Waals surface area (Å²) in [6.45, 7) is 3.71. The van der Waals surface area contributed by atoms with Gasteiger partial charge in [-0.15, -0.1) is 0 Å². The van der Waals surface area contributed by atoms with Crippen LogP contribution in [0.25, 0.3) is 6.08 Å². The van der Waals surface area contributed by atoms with Crippen molar-refractivity contribution in [1.82, 2.24) is 4.98 Å². The molecule has 3 N–H and O–H groups in total. The predicted octanol–water partition coefficient (Wildman–Crippen LogP) is 3.50. The molecule has 9 heteroatoms. The first-order chi connectivity index (χ1) is 15.4. The number of rotatable bonds is 8. The van der Waals surface area contributed by atoms with Gasteiger partial charge in [-0.1, -0.05) is 11.6 Å². The van der Waals surface area contributed by atoms with Crippen LogP contribution in [0.2, 0.25) is 5.02 Å². The summed E-state index contributed by atoms with van der Waals surface area (Å²) in [4.78, 5) is 30.3. The van der Waals surface area contributed by atoms with Gasteiger partial charge in [-0.2, -0.15) is 0 Å². The SMILES string of the molecule is CCOc1cc(/C=C/C(=O)Nc2ccc(N3CCCC(C(N)=O)C3)nc2)cc(Cl)c1OC. The van der Waals surface area contributed by atoms with Gasteiger partial charge in [0.25, 0.3) is 0 Å². The summed E-state index contributed by atoms with van der Waals surface area (Å²) < 4.78 is 10.8. The number of carbonyl (C=O) groups excluding carboxylic acids is 2. The Kier molecular flexibility index (Phi) is 7.94. The number of hydrogen-bond acceptors (Lipinski definition) is 6. The van der Waals surface area contributed by atoms with E-state index in [1.54, 1.807) is 30.5 Å². The molecular formula is C23H27ClN4O4. The molecule has 0 saturated carbocycles. The van der Waals surface area contributed by atoms with Crippen molar-refractivity contribution in [3.63, 3.8) is 0 Å². The summed E-state index contributed by atoms with van der Waals surface area (Å²) in [6.07, 6.45) is 6.33. The number of nitrogens with two attached hydrogens (primary N) is 1. The number of piperidine rings is 1. The van der Waals surface area contributed by atoms with Crippen molar-refractivity contribution < 1.29 is 19.1 Å². The van der Waals surface area contributed by atoms with E-state index in [9.17, 15) is 9.59 Å². The van der Waals surface area contributed by atoms with Gasteiger partial charge in [0.1, 0.15) is 5.82 Å². The molecule has 170 valence electrons. The fraction of sp³-hybridized carbons (Fsp3) is 0.348. The monoisotopic (exact) mass is 458 g/mol. The van der Waals surface area contributed by atoms with E-state index < -0.39 is 0 Å². The quantitative estimate of drug-likeness (QED) is 0.586. The summed E-state index contributed by atoms with van der Waals surface area (Å²) in [5.41, 5.74) is 6.71. The lowest BCUT2D eigenvalue weighted by atomic mass is 9.97. The van der Waals surface area contributed by atoms with Gasteiger partial charge in [0.15, 0.2) is 11.5 Å². The third kappa shape index (κ3) is 5.91. The molecule has 3 rings (SSSR count). The lowest BCUT2D eigenvalue weighted by Gasteiger charge is -2.32. The molecule has 1 aromatic carbocycles. The molecule has 1 fully saturated rings. The van der Waals surface area contributed by atoms with Gasteiger partial charge in [0.05, 0.1) is 36.5 Å². The molecule has 1 saturated heterocycles. The minimum Gasteiger partial charge on any atom is -0.491 e. The summed E-state index contributed by atoms with van der Waals surface area (Å²) in [6, 6.07) is 7.05. The van der Waals surface area contributed by atoms with Crippen molar-refractivity contribution in [2.45, 2.75) is 19.8 Å². The van der Waals surface area contributed by atoms with E-state index in [1.165, 1.54) is 13.2 Å². The largest absolute Gasteiger partial charge is 0.491 e. The van der Waals surface area contributed by atoms with Crippen molar-refractivity contribution in [3.05, 3.63) is 47.1 Å². The maximum absolute atomic E-state index is 12.3. The van der Waals surface area contributed by atoms with Crippen LogP contribution in [0.5, 0.6) is 11.5 Å². The number of pyridine rings is 1. The zero-order valence-electron chi connectivity index (χ0n) is 18.1. The minimum absolute atomic E-state index is 0.162. The van der Waals surface area contributed by atoms with E-state index in [0.29, 0.717) is 40.9 Å². The summed E-state index contributed by atoms with van der Waals surface area (Å²) in [5.74, 6) is 0.967. The Hall–Kier alpha value is -3.26. The second-order valence-electron chi connectivity index (χ2n) is 7.38. The fourth-order valence-corrected chi connectivity index (χ4v) is 3.86. The van der Waals surface area contributed by atoms with Crippen molar-refractivity contribution in [1.29, 1.82) is 0 Å². The highest BCUT2D eigenvalue weighted by atomic mass is 35.5. The number of amides is 2. The molecule has 32 heavy (non-hydrogen) atoms. The molecule has 1 unspecified atom stereocenters.